The second-order valence-corrected chi connectivity index (χ2v) is 8.32. The van der Waals surface area contributed by atoms with Crippen molar-refractivity contribution >= 4 is 46.7 Å². The normalized spacial score (nSPS) is 11.1. The number of anilines is 1. The van der Waals surface area contributed by atoms with Gasteiger partial charge in [0, 0.05) is 10.6 Å². The van der Waals surface area contributed by atoms with Crippen LogP contribution in [-0.2, 0) is 4.79 Å². The number of hydrogen-bond donors (Lipinski definition) is 1. The minimum absolute atomic E-state index is 0.189. The molecule has 0 aliphatic heterocycles. The molecule has 0 spiro atoms. The topological polar surface area (TPSA) is 88.4 Å². The highest BCUT2D eigenvalue weighted by molar-refractivity contribution is 7.99. The number of methoxy groups -OCH3 is 1. The van der Waals surface area contributed by atoms with Gasteiger partial charge >= 0.3 is 5.97 Å². The molecule has 0 aliphatic carbocycles. The largest absolute Gasteiger partial charge is 0.493 e. The standard InChI is InChI=1S/C23H16F2N2O4S2/c1-30-19-12-14(4-9-18(19)31-22(29)20-3-2-10-32-20)11-15(13-26)21(28)27-16-5-7-17(8-6-16)33-23(24)25/h2-12,23H,1H3,(H,27,28). The lowest BCUT2D eigenvalue weighted by atomic mass is 10.1. The van der Waals surface area contributed by atoms with E-state index in [1.807, 2.05) is 6.07 Å². The predicted octanol–water partition coefficient (Wildman–Crippen LogP) is 5.84. The number of carbonyl (C=O) groups is 2. The Morgan fingerprint density at radius 3 is 2.52 bits per heavy atom. The summed E-state index contributed by atoms with van der Waals surface area (Å²) in [7, 11) is 1.40. The lowest BCUT2D eigenvalue weighted by Crippen LogP contribution is -2.13. The van der Waals surface area contributed by atoms with E-state index in [9.17, 15) is 23.6 Å². The molecule has 3 aromatic rings. The highest BCUT2D eigenvalue weighted by Crippen LogP contribution is 2.30. The first-order valence-electron chi connectivity index (χ1n) is 9.31. The predicted molar refractivity (Wildman–Crippen MR) is 123 cm³/mol. The fourth-order valence-corrected chi connectivity index (χ4v) is 3.73. The molecule has 0 unspecified atom stereocenters. The highest BCUT2D eigenvalue weighted by Gasteiger charge is 2.15. The third kappa shape index (κ3) is 6.65. The number of nitriles is 1. The minimum Gasteiger partial charge on any atom is -0.493 e. The summed E-state index contributed by atoms with van der Waals surface area (Å²) in [5.41, 5.74) is 0.637. The molecule has 0 saturated carbocycles. The maximum absolute atomic E-state index is 12.5. The van der Waals surface area contributed by atoms with Crippen molar-refractivity contribution in [2.24, 2.45) is 0 Å². The number of rotatable bonds is 8. The fraction of sp³-hybridized carbons (Fsp3) is 0.0870. The third-order valence-electron chi connectivity index (χ3n) is 4.13. The molecule has 1 heterocycles. The Labute approximate surface area is 196 Å². The smallest absolute Gasteiger partial charge is 0.353 e. The van der Waals surface area contributed by atoms with Gasteiger partial charge in [0.25, 0.3) is 11.7 Å². The first kappa shape index (κ1) is 24.0. The Balaban J connectivity index is 1.73. The monoisotopic (exact) mass is 486 g/mol. The molecule has 6 nitrogen and oxygen atoms in total. The number of thioether (sulfide) groups is 1. The zero-order valence-corrected chi connectivity index (χ0v) is 18.7. The number of benzene rings is 2. The number of halogens is 2. The second kappa shape index (κ2) is 11.3. The fourth-order valence-electron chi connectivity index (χ4n) is 2.64. The SMILES string of the molecule is COc1cc(C=C(C#N)C(=O)Nc2ccc(SC(F)F)cc2)ccc1OC(=O)c1cccs1. The van der Waals surface area contributed by atoms with Crippen LogP contribution in [0.1, 0.15) is 15.2 Å². The second-order valence-electron chi connectivity index (χ2n) is 6.30. The number of carbonyl (C=O) groups excluding carboxylic acids is 2. The lowest BCUT2D eigenvalue weighted by Gasteiger charge is -2.10. The molecule has 1 N–H and O–H groups in total. The molecule has 2 aromatic carbocycles. The van der Waals surface area contributed by atoms with Crippen LogP contribution in [0.5, 0.6) is 11.5 Å². The zero-order chi connectivity index (χ0) is 23.8. The van der Waals surface area contributed by atoms with Gasteiger partial charge in [-0.05, 0) is 59.5 Å². The number of amides is 1. The summed E-state index contributed by atoms with van der Waals surface area (Å²) in [5.74, 6) is -3.29. The van der Waals surface area contributed by atoms with Gasteiger partial charge in [-0.3, -0.25) is 4.79 Å². The van der Waals surface area contributed by atoms with E-state index in [0.717, 1.165) is 0 Å². The van der Waals surface area contributed by atoms with Crippen molar-refractivity contribution in [3.8, 4) is 17.6 Å². The molecule has 0 bridgehead atoms. The van der Waals surface area contributed by atoms with Gasteiger partial charge in [0.05, 0.1) is 7.11 Å². The minimum atomic E-state index is -2.54. The number of ether oxygens (including phenoxy) is 2. The number of hydrogen-bond acceptors (Lipinski definition) is 7. The van der Waals surface area contributed by atoms with Crippen LogP contribution in [0.2, 0.25) is 0 Å². The van der Waals surface area contributed by atoms with Crippen LogP contribution in [0.4, 0.5) is 14.5 Å². The molecule has 0 fully saturated rings. The molecule has 3 rings (SSSR count). The summed E-state index contributed by atoms with van der Waals surface area (Å²) in [6.45, 7) is 0. The molecule has 33 heavy (non-hydrogen) atoms. The van der Waals surface area contributed by atoms with Gasteiger partial charge in [0.2, 0.25) is 0 Å². The summed E-state index contributed by atoms with van der Waals surface area (Å²) in [4.78, 5) is 25.4. The van der Waals surface area contributed by atoms with E-state index in [4.69, 9.17) is 9.47 Å². The van der Waals surface area contributed by atoms with Gasteiger partial charge in [-0.2, -0.15) is 14.0 Å². The van der Waals surface area contributed by atoms with E-state index in [0.29, 0.717) is 32.8 Å². The highest BCUT2D eigenvalue weighted by atomic mass is 32.2. The molecule has 0 radical (unpaired) electrons. The Morgan fingerprint density at radius 1 is 1.15 bits per heavy atom. The van der Waals surface area contributed by atoms with Gasteiger partial charge in [-0.15, -0.1) is 11.3 Å². The van der Waals surface area contributed by atoms with Crippen molar-refractivity contribution in [1.29, 1.82) is 5.26 Å². The van der Waals surface area contributed by atoms with Crippen molar-refractivity contribution in [1.82, 2.24) is 0 Å². The number of nitrogens with one attached hydrogen (secondary N) is 1. The van der Waals surface area contributed by atoms with E-state index in [-0.39, 0.29) is 17.1 Å². The molecule has 0 atom stereocenters. The van der Waals surface area contributed by atoms with Crippen LogP contribution in [-0.4, -0.2) is 24.7 Å². The quantitative estimate of drug-likeness (QED) is 0.142. The van der Waals surface area contributed by atoms with E-state index < -0.39 is 17.6 Å². The number of esters is 1. The average Bonchev–Trinajstić information content (AvgIpc) is 3.34. The Morgan fingerprint density at radius 2 is 1.91 bits per heavy atom. The van der Waals surface area contributed by atoms with Crippen LogP contribution in [0.15, 0.2) is 70.4 Å². The first-order chi connectivity index (χ1) is 15.9. The van der Waals surface area contributed by atoms with Gasteiger partial charge < -0.3 is 14.8 Å². The van der Waals surface area contributed by atoms with Gasteiger partial charge in [0.1, 0.15) is 16.5 Å². The molecule has 1 aromatic heterocycles. The molecule has 0 aliphatic rings. The zero-order valence-electron chi connectivity index (χ0n) is 17.1. The number of nitrogens with zero attached hydrogens (tertiary/aromatic N) is 1. The molecular formula is C23H16F2N2O4S2. The number of alkyl halides is 2. The van der Waals surface area contributed by atoms with Gasteiger partial charge in [-0.25, -0.2) is 4.79 Å². The Bertz CT molecular complexity index is 1200. The van der Waals surface area contributed by atoms with Gasteiger partial charge in [-0.1, -0.05) is 23.9 Å². The van der Waals surface area contributed by atoms with Crippen LogP contribution >= 0.6 is 23.1 Å². The van der Waals surface area contributed by atoms with E-state index in [1.54, 1.807) is 23.6 Å². The van der Waals surface area contributed by atoms with Crippen LogP contribution in [0.3, 0.4) is 0 Å². The van der Waals surface area contributed by atoms with Crippen molar-refractivity contribution in [3.63, 3.8) is 0 Å². The summed E-state index contributed by atoms with van der Waals surface area (Å²) < 4.78 is 35.5. The first-order valence-corrected chi connectivity index (χ1v) is 11.1. The molecule has 168 valence electrons. The molecule has 1 amide bonds. The summed E-state index contributed by atoms with van der Waals surface area (Å²) in [5, 5.41) is 13.7. The van der Waals surface area contributed by atoms with E-state index in [2.05, 4.69) is 5.32 Å². The maximum Gasteiger partial charge on any atom is 0.353 e. The third-order valence-corrected chi connectivity index (χ3v) is 5.70. The molecule has 0 saturated heterocycles. The summed E-state index contributed by atoms with van der Waals surface area (Å²) in [6, 6.07) is 15.6. The number of thiophene rings is 1. The van der Waals surface area contributed by atoms with E-state index in [1.165, 1.54) is 60.9 Å². The van der Waals surface area contributed by atoms with Gasteiger partial charge in [0.15, 0.2) is 11.5 Å². The Kier molecular flexibility index (Phi) is 8.18. The van der Waals surface area contributed by atoms with E-state index >= 15 is 0 Å². The van der Waals surface area contributed by atoms with Crippen LogP contribution < -0.4 is 14.8 Å². The van der Waals surface area contributed by atoms with Crippen molar-refractivity contribution in [2.45, 2.75) is 10.7 Å². The van der Waals surface area contributed by atoms with Crippen molar-refractivity contribution in [2.75, 3.05) is 12.4 Å². The van der Waals surface area contributed by atoms with Crippen molar-refractivity contribution in [3.05, 3.63) is 76.0 Å². The molecular weight excluding hydrogens is 470 g/mol. The van der Waals surface area contributed by atoms with Crippen LogP contribution in [0.25, 0.3) is 6.08 Å². The Hall–Kier alpha value is -3.68. The summed E-state index contributed by atoms with van der Waals surface area (Å²) >= 11 is 1.64. The lowest BCUT2D eigenvalue weighted by molar-refractivity contribution is -0.112. The molecule has 10 heteroatoms. The van der Waals surface area contributed by atoms with Crippen LogP contribution in [0, 0.1) is 11.3 Å². The van der Waals surface area contributed by atoms with Crippen molar-refractivity contribution < 1.29 is 27.8 Å². The maximum atomic E-state index is 12.5. The summed E-state index contributed by atoms with van der Waals surface area (Å²) in [6.07, 6.45) is 1.35. The average molecular weight is 487 g/mol.